The summed E-state index contributed by atoms with van der Waals surface area (Å²) in [5, 5.41) is 6.99. The van der Waals surface area contributed by atoms with Crippen LogP contribution in [0, 0.1) is 0 Å². The Balaban J connectivity index is 1.51. The number of imidazole rings is 1. The van der Waals surface area contributed by atoms with Crippen molar-refractivity contribution in [2.75, 3.05) is 0 Å². The highest BCUT2D eigenvalue weighted by atomic mass is 16.2. The number of carbonyl (C=O) groups excluding carboxylic acids is 1. The number of rotatable bonds is 5. The van der Waals surface area contributed by atoms with Crippen LogP contribution in [0.2, 0.25) is 0 Å². The topological polar surface area (TPSA) is 122 Å². The van der Waals surface area contributed by atoms with Crippen LogP contribution in [0.3, 0.4) is 0 Å². The summed E-state index contributed by atoms with van der Waals surface area (Å²) in [6.45, 7) is 1.78. The number of hydrogen-bond acceptors (Lipinski definition) is 6. The van der Waals surface area contributed by atoms with Gasteiger partial charge in [0, 0.05) is 14.1 Å². The molecule has 1 unspecified atom stereocenters. The van der Waals surface area contributed by atoms with E-state index in [1.807, 2.05) is 31.2 Å². The van der Waals surface area contributed by atoms with E-state index in [-0.39, 0.29) is 29.7 Å². The molecule has 1 N–H and O–H groups in total. The van der Waals surface area contributed by atoms with Crippen LogP contribution in [0.4, 0.5) is 0 Å². The standard InChI is InChI=1S/C19H20N8O3/c1-12(13-4-6-14(7-5-13)27-10-20-9-22-27)23-15(28)8-26-11-21-17-16(26)18(29)25(3)19(30)24(17)2/h4-7,9-12H,8H2,1-3H3,(H,23,28). The highest BCUT2D eigenvalue weighted by molar-refractivity contribution is 5.79. The van der Waals surface area contributed by atoms with E-state index in [0.717, 1.165) is 15.8 Å². The number of fused-ring (bicyclic) bond motifs is 1. The molecule has 154 valence electrons. The maximum Gasteiger partial charge on any atom is 0.332 e. The Morgan fingerprint density at radius 3 is 2.50 bits per heavy atom. The number of carbonyl (C=O) groups is 1. The van der Waals surface area contributed by atoms with Crippen molar-refractivity contribution in [2.45, 2.75) is 19.5 Å². The molecule has 1 atom stereocenters. The Morgan fingerprint density at radius 1 is 1.10 bits per heavy atom. The lowest BCUT2D eigenvalue weighted by molar-refractivity contribution is -0.122. The molecule has 0 spiro atoms. The van der Waals surface area contributed by atoms with Gasteiger partial charge in [0.15, 0.2) is 11.2 Å². The van der Waals surface area contributed by atoms with E-state index in [0.29, 0.717) is 0 Å². The fraction of sp³-hybridized carbons (Fsp3) is 0.263. The van der Waals surface area contributed by atoms with Gasteiger partial charge in [-0.2, -0.15) is 5.10 Å². The minimum absolute atomic E-state index is 0.0919. The second kappa shape index (κ2) is 7.43. The molecule has 1 aromatic carbocycles. The lowest BCUT2D eigenvalue weighted by atomic mass is 10.1. The van der Waals surface area contributed by atoms with Crippen LogP contribution in [0.1, 0.15) is 18.5 Å². The van der Waals surface area contributed by atoms with Crippen molar-refractivity contribution in [1.29, 1.82) is 0 Å². The third-order valence-corrected chi connectivity index (χ3v) is 4.99. The average molecular weight is 408 g/mol. The predicted octanol–water partition coefficient (Wildman–Crippen LogP) is -0.108. The van der Waals surface area contributed by atoms with E-state index in [4.69, 9.17) is 0 Å². The molecule has 11 heteroatoms. The summed E-state index contributed by atoms with van der Waals surface area (Å²) in [5.74, 6) is -0.280. The number of nitrogens with one attached hydrogen (secondary N) is 1. The zero-order valence-electron chi connectivity index (χ0n) is 16.7. The fourth-order valence-corrected chi connectivity index (χ4v) is 3.30. The van der Waals surface area contributed by atoms with Crippen molar-refractivity contribution >= 4 is 17.1 Å². The predicted molar refractivity (Wildman–Crippen MR) is 108 cm³/mol. The molecule has 0 saturated carbocycles. The van der Waals surface area contributed by atoms with Crippen LogP contribution in [0.5, 0.6) is 0 Å². The Labute approximate surface area is 170 Å². The van der Waals surface area contributed by atoms with Gasteiger partial charge in [0.25, 0.3) is 5.56 Å². The molecule has 0 radical (unpaired) electrons. The van der Waals surface area contributed by atoms with E-state index in [2.05, 4.69) is 20.4 Å². The smallest absolute Gasteiger partial charge is 0.332 e. The summed E-state index contributed by atoms with van der Waals surface area (Å²) >= 11 is 0. The fourth-order valence-electron chi connectivity index (χ4n) is 3.30. The number of amides is 1. The highest BCUT2D eigenvalue weighted by Gasteiger charge is 2.17. The molecule has 4 aromatic rings. The van der Waals surface area contributed by atoms with E-state index >= 15 is 0 Å². The molecular weight excluding hydrogens is 388 g/mol. The quantitative estimate of drug-likeness (QED) is 0.492. The Kier molecular flexibility index (Phi) is 4.78. The van der Waals surface area contributed by atoms with Gasteiger partial charge in [-0.3, -0.25) is 18.7 Å². The van der Waals surface area contributed by atoms with Crippen molar-refractivity contribution in [2.24, 2.45) is 14.1 Å². The molecule has 3 aromatic heterocycles. The van der Waals surface area contributed by atoms with Crippen LogP contribution in [0.25, 0.3) is 16.9 Å². The van der Waals surface area contributed by atoms with Gasteiger partial charge >= 0.3 is 5.69 Å². The third-order valence-electron chi connectivity index (χ3n) is 4.99. The monoisotopic (exact) mass is 408 g/mol. The molecular formula is C19H20N8O3. The average Bonchev–Trinajstić information content (AvgIpc) is 3.41. The van der Waals surface area contributed by atoms with E-state index < -0.39 is 11.2 Å². The van der Waals surface area contributed by atoms with Gasteiger partial charge in [-0.15, -0.1) is 0 Å². The van der Waals surface area contributed by atoms with Crippen LogP contribution < -0.4 is 16.6 Å². The summed E-state index contributed by atoms with van der Waals surface area (Å²) in [6, 6.07) is 7.34. The lowest BCUT2D eigenvalue weighted by Gasteiger charge is -2.15. The normalized spacial score (nSPS) is 12.2. The molecule has 30 heavy (non-hydrogen) atoms. The first-order chi connectivity index (χ1) is 14.4. The summed E-state index contributed by atoms with van der Waals surface area (Å²) in [7, 11) is 2.93. The summed E-state index contributed by atoms with van der Waals surface area (Å²) in [6.07, 6.45) is 4.46. The van der Waals surface area contributed by atoms with Crippen LogP contribution in [-0.4, -0.2) is 39.4 Å². The van der Waals surface area contributed by atoms with Gasteiger partial charge in [-0.25, -0.2) is 19.4 Å². The first-order valence-corrected chi connectivity index (χ1v) is 9.22. The maximum absolute atomic E-state index is 12.6. The lowest BCUT2D eigenvalue weighted by Crippen LogP contribution is -2.38. The zero-order chi connectivity index (χ0) is 21.4. The summed E-state index contributed by atoms with van der Waals surface area (Å²) in [4.78, 5) is 45.1. The summed E-state index contributed by atoms with van der Waals surface area (Å²) in [5.41, 5.74) is 1.27. The van der Waals surface area contributed by atoms with Crippen molar-refractivity contribution in [3.63, 3.8) is 0 Å². The number of hydrogen-bond donors (Lipinski definition) is 1. The molecule has 0 aliphatic rings. The Hall–Kier alpha value is -4.02. The van der Waals surface area contributed by atoms with Crippen molar-refractivity contribution in [3.8, 4) is 5.69 Å². The van der Waals surface area contributed by atoms with Crippen LogP contribution in [-0.2, 0) is 25.4 Å². The first kappa shape index (κ1) is 19.3. The first-order valence-electron chi connectivity index (χ1n) is 9.22. The Bertz CT molecular complexity index is 1330. The molecule has 4 rings (SSSR count). The van der Waals surface area contributed by atoms with Gasteiger partial charge in [0.05, 0.1) is 18.1 Å². The highest BCUT2D eigenvalue weighted by Crippen LogP contribution is 2.15. The third kappa shape index (κ3) is 3.30. The molecule has 11 nitrogen and oxygen atoms in total. The second-order valence-electron chi connectivity index (χ2n) is 6.97. The molecule has 0 aliphatic heterocycles. The minimum Gasteiger partial charge on any atom is -0.348 e. The maximum atomic E-state index is 12.6. The van der Waals surface area contributed by atoms with Crippen molar-refractivity contribution in [1.82, 2.24) is 38.8 Å². The van der Waals surface area contributed by atoms with Crippen LogP contribution >= 0.6 is 0 Å². The SMILES string of the molecule is CC(NC(=O)Cn1cnc2c1c(=O)n(C)c(=O)n2C)c1ccc(-n2cncn2)cc1. The van der Waals surface area contributed by atoms with Gasteiger partial charge in [-0.1, -0.05) is 12.1 Å². The molecule has 0 saturated heterocycles. The Morgan fingerprint density at radius 2 is 1.83 bits per heavy atom. The van der Waals surface area contributed by atoms with E-state index in [1.165, 1.54) is 35.9 Å². The zero-order valence-corrected chi connectivity index (χ0v) is 16.7. The molecule has 0 aliphatic carbocycles. The van der Waals surface area contributed by atoms with E-state index in [9.17, 15) is 14.4 Å². The molecule has 3 heterocycles. The molecule has 1 amide bonds. The number of nitrogens with zero attached hydrogens (tertiary/aromatic N) is 7. The molecule has 0 bridgehead atoms. The number of aromatic nitrogens is 7. The van der Waals surface area contributed by atoms with Crippen molar-refractivity contribution < 1.29 is 4.79 Å². The molecule has 0 fully saturated rings. The number of benzene rings is 1. The summed E-state index contributed by atoms with van der Waals surface area (Å²) < 4.78 is 5.38. The van der Waals surface area contributed by atoms with Gasteiger partial charge < -0.3 is 9.88 Å². The largest absolute Gasteiger partial charge is 0.348 e. The van der Waals surface area contributed by atoms with Crippen LogP contribution in [0.15, 0.2) is 52.8 Å². The van der Waals surface area contributed by atoms with E-state index in [1.54, 1.807) is 11.0 Å². The van der Waals surface area contributed by atoms with Gasteiger partial charge in [0.2, 0.25) is 5.91 Å². The number of aryl methyl sites for hydroxylation is 1. The van der Waals surface area contributed by atoms with Gasteiger partial charge in [0.1, 0.15) is 19.2 Å². The van der Waals surface area contributed by atoms with Crippen molar-refractivity contribution in [3.05, 3.63) is 69.6 Å². The minimum atomic E-state index is -0.491. The van der Waals surface area contributed by atoms with Gasteiger partial charge in [-0.05, 0) is 24.6 Å². The second-order valence-corrected chi connectivity index (χ2v) is 6.97.